The largest absolute Gasteiger partial charge is 0.396 e. The van der Waals surface area contributed by atoms with Gasteiger partial charge in [-0.25, -0.2) is 4.98 Å². The summed E-state index contributed by atoms with van der Waals surface area (Å²) >= 11 is 12.1. The van der Waals surface area contributed by atoms with Crippen molar-refractivity contribution in [3.8, 4) is 0 Å². The van der Waals surface area contributed by atoms with Crippen molar-refractivity contribution in [3.05, 3.63) is 50.5 Å². The summed E-state index contributed by atoms with van der Waals surface area (Å²) in [7, 11) is 1.89. The van der Waals surface area contributed by atoms with E-state index in [1.54, 1.807) is 12.5 Å². The maximum Gasteiger partial charge on any atom is 0.295 e. The summed E-state index contributed by atoms with van der Waals surface area (Å²) in [6, 6.07) is 2.80. The predicted octanol–water partition coefficient (Wildman–Crippen LogP) is 2.85. The van der Waals surface area contributed by atoms with Crippen LogP contribution in [0, 0.1) is 16.0 Å². The minimum atomic E-state index is -0.488. The maximum absolute atomic E-state index is 11.4. The van der Waals surface area contributed by atoms with Gasteiger partial charge in [0.1, 0.15) is 5.69 Å². The van der Waals surface area contributed by atoms with E-state index in [-0.39, 0.29) is 34.2 Å². The summed E-state index contributed by atoms with van der Waals surface area (Å²) < 4.78 is 1.90. The van der Waals surface area contributed by atoms with Crippen LogP contribution >= 0.6 is 23.2 Å². The molecule has 1 aliphatic rings. The highest BCUT2D eigenvalue weighted by molar-refractivity contribution is 6.37. The van der Waals surface area contributed by atoms with Crippen molar-refractivity contribution in [1.82, 2.24) is 9.55 Å². The third-order valence-corrected chi connectivity index (χ3v) is 4.94. The van der Waals surface area contributed by atoms with Gasteiger partial charge in [0.15, 0.2) is 0 Å². The molecule has 0 unspecified atom stereocenters. The molecular formula is C15H16Cl2N4O3. The average Bonchev–Trinajstić information content (AvgIpc) is 3.11. The lowest BCUT2D eigenvalue weighted by Gasteiger charge is -2.20. The number of hydrogen-bond acceptors (Lipinski definition) is 5. The second kappa shape index (κ2) is 6.58. The van der Waals surface area contributed by atoms with E-state index in [1.165, 1.54) is 12.1 Å². The Hall–Kier alpha value is -1.83. The van der Waals surface area contributed by atoms with Crippen molar-refractivity contribution >= 4 is 34.6 Å². The number of anilines is 1. The number of aromatic nitrogens is 2. The van der Waals surface area contributed by atoms with Crippen molar-refractivity contribution in [1.29, 1.82) is 0 Å². The number of nitrogens with zero attached hydrogens (tertiary/aromatic N) is 4. The minimum Gasteiger partial charge on any atom is -0.396 e. The van der Waals surface area contributed by atoms with E-state index >= 15 is 0 Å². The van der Waals surface area contributed by atoms with Crippen molar-refractivity contribution in [2.24, 2.45) is 13.0 Å². The molecule has 0 spiro atoms. The SMILES string of the molecule is Cn1cncc1[C@@H]1CN(c2c(Cl)cc(Cl)cc2[N+](=O)[O-])C[C@H]1CO. The number of hydrogen-bond donors (Lipinski definition) is 1. The van der Waals surface area contributed by atoms with Crippen molar-refractivity contribution in [2.75, 3.05) is 24.6 Å². The first-order chi connectivity index (χ1) is 11.4. The third kappa shape index (κ3) is 2.94. The lowest BCUT2D eigenvalue weighted by molar-refractivity contribution is -0.384. The molecule has 2 heterocycles. The van der Waals surface area contributed by atoms with Gasteiger partial charge in [0, 0.05) is 61.6 Å². The van der Waals surface area contributed by atoms with Crippen LogP contribution in [0.1, 0.15) is 11.6 Å². The summed E-state index contributed by atoms with van der Waals surface area (Å²) in [6.45, 7) is 0.951. The number of aryl methyl sites for hydroxylation is 1. The molecule has 9 heteroatoms. The van der Waals surface area contributed by atoms with Crippen molar-refractivity contribution < 1.29 is 10.0 Å². The van der Waals surface area contributed by atoms with Crippen LogP contribution in [0.25, 0.3) is 0 Å². The van der Waals surface area contributed by atoms with E-state index in [1.807, 2.05) is 16.5 Å². The molecule has 1 aromatic carbocycles. The van der Waals surface area contributed by atoms with E-state index in [4.69, 9.17) is 23.2 Å². The Bertz CT molecular complexity index is 780. The Kier molecular flexibility index (Phi) is 4.67. The minimum absolute atomic E-state index is 0.00819. The molecule has 0 saturated carbocycles. The van der Waals surface area contributed by atoms with Gasteiger partial charge in [-0.05, 0) is 6.07 Å². The highest BCUT2D eigenvalue weighted by Gasteiger charge is 2.38. The summed E-state index contributed by atoms with van der Waals surface area (Å²) in [6.07, 6.45) is 3.46. The van der Waals surface area contributed by atoms with Gasteiger partial charge in [-0.1, -0.05) is 23.2 Å². The molecule has 2 aromatic rings. The Morgan fingerprint density at radius 2 is 2.17 bits per heavy atom. The summed E-state index contributed by atoms with van der Waals surface area (Å²) in [5.41, 5.74) is 1.19. The first kappa shape index (κ1) is 17.0. The molecule has 1 aromatic heterocycles. The Labute approximate surface area is 148 Å². The lowest BCUT2D eigenvalue weighted by Crippen LogP contribution is -2.22. The number of imidazole rings is 1. The van der Waals surface area contributed by atoms with Crippen molar-refractivity contribution in [2.45, 2.75) is 5.92 Å². The number of nitro benzene ring substituents is 1. The molecule has 0 aliphatic carbocycles. The molecule has 1 fully saturated rings. The number of rotatable bonds is 4. The van der Waals surface area contributed by atoms with Crippen LogP contribution in [-0.2, 0) is 7.05 Å². The van der Waals surface area contributed by atoms with E-state index < -0.39 is 4.92 Å². The van der Waals surface area contributed by atoms with E-state index in [2.05, 4.69) is 4.98 Å². The Morgan fingerprint density at radius 3 is 2.75 bits per heavy atom. The van der Waals surface area contributed by atoms with Crippen LogP contribution in [0.15, 0.2) is 24.7 Å². The molecule has 128 valence electrons. The second-order valence-electron chi connectivity index (χ2n) is 5.90. The standard InChI is InChI=1S/C15H16Cl2N4O3/c1-19-8-18-4-14(19)11-6-20(5-9(11)7-22)15-12(17)2-10(16)3-13(15)21(23)24/h2-4,8-9,11,22H,5-7H2,1H3/t9-,11+/m0/s1. The first-order valence-electron chi connectivity index (χ1n) is 7.37. The van der Waals surface area contributed by atoms with Crippen LogP contribution < -0.4 is 4.90 Å². The Balaban J connectivity index is 2.00. The fourth-order valence-corrected chi connectivity index (χ4v) is 3.91. The molecule has 1 aliphatic heterocycles. The lowest BCUT2D eigenvalue weighted by atomic mass is 9.94. The van der Waals surface area contributed by atoms with E-state index in [0.29, 0.717) is 18.8 Å². The maximum atomic E-state index is 11.4. The highest BCUT2D eigenvalue weighted by atomic mass is 35.5. The number of aliphatic hydroxyl groups is 1. The number of benzene rings is 1. The molecule has 7 nitrogen and oxygen atoms in total. The van der Waals surface area contributed by atoms with Gasteiger partial charge in [0.05, 0.1) is 16.3 Å². The van der Waals surface area contributed by atoms with Gasteiger partial charge in [-0.15, -0.1) is 0 Å². The molecule has 0 bridgehead atoms. The summed E-state index contributed by atoms with van der Waals surface area (Å²) in [5, 5.41) is 21.6. The Morgan fingerprint density at radius 1 is 1.42 bits per heavy atom. The zero-order chi connectivity index (χ0) is 17.4. The number of nitro groups is 1. The molecule has 0 radical (unpaired) electrons. The van der Waals surface area contributed by atoms with Crippen LogP contribution in [0.2, 0.25) is 10.0 Å². The van der Waals surface area contributed by atoms with Gasteiger partial charge in [0.2, 0.25) is 0 Å². The topological polar surface area (TPSA) is 84.4 Å². The average molecular weight is 371 g/mol. The molecule has 3 rings (SSSR count). The van der Waals surface area contributed by atoms with Gasteiger partial charge < -0.3 is 14.6 Å². The van der Waals surface area contributed by atoms with Gasteiger partial charge in [-0.3, -0.25) is 10.1 Å². The van der Waals surface area contributed by atoms with Gasteiger partial charge >= 0.3 is 0 Å². The van der Waals surface area contributed by atoms with E-state index in [0.717, 1.165) is 5.69 Å². The normalized spacial score (nSPS) is 20.6. The number of halogens is 2. The van der Waals surface area contributed by atoms with Crippen LogP contribution in [-0.4, -0.2) is 39.3 Å². The predicted molar refractivity (Wildman–Crippen MR) is 91.9 cm³/mol. The molecule has 1 saturated heterocycles. The third-order valence-electron chi connectivity index (χ3n) is 4.43. The summed E-state index contributed by atoms with van der Waals surface area (Å²) in [5.74, 6) is -0.0550. The van der Waals surface area contributed by atoms with E-state index in [9.17, 15) is 15.2 Å². The second-order valence-corrected chi connectivity index (χ2v) is 6.74. The van der Waals surface area contributed by atoms with Gasteiger partial charge in [-0.2, -0.15) is 0 Å². The fraction of sp³-hybridized carbons (Fsp3) is 0.400. The zero-order valence-corrected chi connectivity index (χ0v) is 14.4. The zero-order valence-electron chi connectivity index (χ0n) is 12.9. The smallest absolute Gasteiger partial charge is 0.295 e. The highest BCUT2D eigenvalue weighted by Crippen LogP contribution is 2.43. The first-order valence-corrected chi connectivity index (χ1v) is 8.13. The molecule has 0 amide bonds. The molecule has 2 atom stereocenters. The van der Waals surface area contributed by atoms with Crippen molar-refractivity contribution in [3.63, 3.8) is 0 Å². The van der Waals surface area contributed by atoms with Crippen LogP contribution in [0.5, 0.6) is 0 Å². The summed E-state index contributed by atoms with van der Waals surface area (Å²) in [4.78, 5) is 16.9. The molecular weight excluding hydrogens is 355 g/mol. The molecule has 24 heavy (non-hydrogen) atoms. The van der Waals surface area contributed by atoms with Crippen LogP contribution in [0.4, 0.5) is 11.4 Å². The van der Waals surface area contributed by atoms with Crippen LogP contribution in [0.3, 0.4) is 0 Å². The quantitative estimate of drug-likeness (QED) is 0.660. The fourth-order valence-electron chi connectivity index (χ4n) is 3.30. The number of aliphatic hydroxyl groups excluding tert-OH is 1. The van der Waals surface area contributed by atoms with Gasteiger partial charge in [0.25, 0.3) is 5.69 Å². The monoisotopic (exact) mass is 370 g/mol. The molecule has 1 N–H and O–H groups in total.